The Morgan fingerprint density at radius 2 is 2.42 bits per heavy atom. The van der Waals surface area contributed by atoms with E-state index in [0.29, 0.717) is 26.3 Å². The molecule has 0 bridgehead atoms. The van der Waals surface area contributed by atoms with Crippen LogP contribution in [0.15, 0.2) is 6.20 Å². The van der Waals surface area contributed by atoms with Crippen molar-refractivity contribution in [1.29, 1.82) is 0 Å². The van der Waals surface area contributed by atoms with Crippen molar-refractivity contribution in [2.24, 2.45) is 0 Å². The minimum atomic E-state index is -1.13. The molecule has 1 aliphatic rings. The lowest BCUT2D eigenvalue weighted by Crippen LogP contribution is -2.43. The maximum Gasteiger partial charge on any atom is 0.358 e. The minimum absolute atomic E-state index is 0.0602. The second-order valence-corrected chi connectivity index (χ2v) is 4.13. The van der Waals surface area contributed by atoms with E-state index >= 15 is 0 Å². The maximum absolute atomic E-state index is 11.5. The number of carboxylic acid groups (broad SMARTS) is 1. The van der Waals surface area contributed by atoms with E-state index in [1.165, 1.54) is 10.9 Å². The topological polar surface area (TPSA) is 118 Å². The second kappa shape index (κ2) is 6.14. The molecule has 9 heteroatoms. The number of hydrogen-bond acceptors (Lipinski definition) is 5. The van der Waals surface area contributed by atoms with Gasteiger partial charge in [-0.1, -0.05) is 5.21 Å². The summed E-state index contributed by atoms with van der Waals surface area (Å²) >= 11 is 0. The lowest BCUT2D eigenvalue weighted by atomic mass is 10.3. The van der Waals surface area contributed by atoms with Gasteiger partial charge in [0, 0.05) is 13.2 Å². The third kappa shape index (κ3) is 3.91. The Labute approximate surface area is 108 Å². The van der Waals surface area contributed by atoms with Crippen LogP contribution >= 0.6 is 0 Å². The average Bonchev–Trinajstić information content (AvgIpc) is 3.00. The van der Waals surface area contributed by atoms with Crippen LogP contribution in [0.2, 0.25) is 0 Å². The molecule has 3 N–H and O–H groups in total. The molecule has 1 saturated heterocycles. The number of nitrogens with zero attached hydrogens (tertiary/aromatic N) is 3. The standard InChI is InChI=1S/C10H15N5O4/c16-9(17)8-5-15(14-13-8)3-2-11-10(18)12-7-1-4-19-6-7/h5,7H,1-4,6H2,(H,16,17)(H2,11,12,18). The second-order valence-electron chi connectivity index (χ2n) is 4.13. The summed E-state index contributed by atoms with van der Waals surface area (Å²) in [5, 5.41) is 21.2. The Balaban J connectivity index is 1.67. The van der Waals surface area contributed by atoms with E-state index < -0.39 is 5.97 Å². The summed E-state index contributed by atoms with van der Waals surface area (Å²) in [7, 11) is 0. The van der Waals surface area contributed by atoms with Crippen LogP contribution in [0.4, 0.5) is 4.79 Å². The molecule has 1 unspecified atom stereocenters. The van der Waals surface area contributed by atoms with E-state index in [1.807, 2.05) is 0 Å². The summed E-state index contributed by atoms with van der Waals surface area (Å²) in [5.41, 5.74) is -0.118. The fraction of sp³-hybridized carbons (Fsp3) is 0.600. The number of ether oxygens (including phenoxy) is 1. The van der Waals surface area contributed by atoms with Crippen molar-refractivity contribution in [2.75, 3.05) is 19.8 Å². The molecule has 0 saturated carbocycles. The highest BCUT2D eigenvalue weighted by molar-refractivity contribution is 5.84. The zero-order valence-electron chi connectivity index (χ0n) is 10.2. The van der Waals surface area contributed by atoms with Crippen molar-refractivity contribution >= 4 is 12.0 Å². The molecule has 1 aromatic heterocycles. The molecule has 2 rings (SSSR count). The molecule has 0 aromatic carbocycles. The number of urea groups is 1. The minimum Gasteiger partial charge on any atom is -0.476 e. The molecule has 0 spiro atoms. The summed E-state index contributed by atoms with van der Waals surface area (Å²) in [4.78, 5) is 22.1. The molecule has 0 radical (unpaired) electrons. The molecule has 1 aliphatic heterocycles. The number of carbonyl (C=O) groups is 2. The molecule has 1 atom stereocenters. The van der Waals surface area contributed by atoms with E-state index in [9.17, 15) is 9.59 Å². The van der Waals surface area contributed by atoms with Gasteiger partial charge in [-0.05, 0) is 6.42 Å². The predicted molar refractivity (Wildman–Crippen MR) is 62.7 cm³/mol. The van der Waals surface area contributed by atoms with Gasteiger partial charge in [0.1, 0.15) is 0 Å². The largest absolute Gasteiger partial charge is 0.476 e. The van der Waals surface area contributed by atoms with Gasteiger partial charge in [-0.3, -0.25) is 0 Å². The van der Waals surface area contributed by atoms with Gasteiger partial charge in [0.15, 0.2) is 5.69 Å². The van der Waals surface area contributed by atoms with Crippen LogP contribution in [-0.2, 0) is 11.3 Å². The summed E-state index contributed by atoms with van der Waals surface area (Å²) in [6, 6.07) is -0.209. The molecule has 2 amide bonds. The number of aromatic carboxylic acids is 1. The molecule has 104 valence electrons. The number of aromatic nitrogens is 3. The van der Waals surface area contributed by atoms with Crippen LogP contribution in [0.5, 0.6) is 0 Å². The van der Waals surface area contributed by atoms with Gasteiger partial charge < -0.3 is 20.5 Å². The summed E-state index contributed by atoms with van der Waals surface area (Å²) < 4.78 is 6.50. The van der Waals surface area contributed by atoms with Gasteiger partial charge >= 0.3 is 12.0 Å². The number of nitrogens with one attached hydrogen (secondary N) is 2. The van der Waals surface area contributed by atoms with Gasteiger partial charge in [-0.2, -0.15) is 0 Å². The average molecular weight is 269 g/mol. The van der Waals surface area contributed by atoms with E-state index in [0.717, 1.165) is 6.42 Å². The number of rotatable bonds is 5. The van der Waals surface area contributed by atoms with E-state index in [2.05, 4.69) is 20.9 Å². The van der Waals surface area contributed by atoms with E-state index in [-0.39, 0.29) is 17.8 Å². The normalized spacial score (nSPS) is 18.2. The van der Waals surface area contributed by atoms with Crippen molar-refractivity contribution < 1.29 is 19.4 Å². The molecule has 2 heterocycles. The van der Waals surface area contributed by atoms with Crippen molar-refractivity contribution in [1.82, 2.24) is 25.6 Å². The zero-order valence-corrected chi connectivity index (χ0v) is 10.2. The number of carboxylic acids is 1. The molecule has 1 fully saturated rings. The Morgan fingerprint density at radius 1 is 1.58 bits per heavy atom. The Hall–Kier alpha value is -2.16. The van der Waals surface area contributed by atoms with Crippen LogP contribution in [0, 0.1) is 0 Å². The highest BCUT2D eigenvalue weighted by Gasteiger charge is 2.17. The first-order chi connectivity index (χ1) is 9.15. The molecular formula is C10H15N5O4. The molecule has 19 heavy (non-hydrogen) atoms. The summed E-state index contributed by atoms with van der Waals surface area (Å²) in [6.45, 7) is 1.90. The highest BCUT2D eigenvalue weighted by atomic mass is 16.5. The summed E-state index contributed by atoms with van der Waals surface area (Å²) in [5.74, 6) is -1.13. The van der Waals surface area contributed by atoms with Crippen LogP contribution in [0.25, 0.3) is 0 Å². The third-order valence-corrected chi connectivity index (χ3v) is 2.65. The highest BCUT2D eigenvalue weighted by Crippen LogP contribution is 2.02. The number of amides is 2. The lowest BCUT2D eigenvalue weighted by molar-refractivity contribution is 0.0690. The smallest absolute Gasteiger partial charge is 0.358 e. The van der Waals surface area contributed by atoms with Crippen molar-refractivity contribution in [3.63, 3.8) is 0 Å². The van der Waals surface area contributed by atoms with E-state index in [4.69, 9.17) is 9.84 Å². The fourth-order valence-electron chi connectivity index (χ4n) is 1.67. The fourth-order valence-corrected chi connectivity index (χ4v) is 1.67. The van der Waals surface area contributed by atoms with E-state index in [1.54, 1.807) is 0 Å². The summed E-state index contributed by atoms with van der Waals surface area (Å²) in [6.07, 6.45) is 2.13. The van der Waals surface area contributed by atoms with Gasteiger partial charge in [0.2, 0.25) is 0 Å². The molecular weight excluding hydrogens is 254 g/mol. The quantitative estimate of drug-likeness (QED) is 0.635. The molecule has 9 nitrogen and oxygen atoms in total. The number of hydrogen-bond donors (Lipinski definition) is 3. The predicted octanol–water partition coefficient (Wildman–Crippen LogP) is -0.936. The SMILES string of the molecule is O=C(NCCn1cc(C(=O)O)nn1)NC1CCOC1. The maximum atomic E-state index is 11.5. The van der Waals surface area contributed by atoms with Crippen molar-refractivity contribution in [3.8, 4) is 0 Å². The molecule has 0 aliphatic carbocycles. The first-order valence-corrected chi connectivity index (χ1v) is 5.90. The zero-order chi connectivity index (χ0) is 13.7. The van der Waals surface area contributed by atoms with Crippen molar-refractivity contribution in [2.45, 2.75) is 19.0 Å². The van der Waals surface area contributed by atoms with Crippen LogP contribution in [0.3, 0.4) is 0 Å². The molecule has 1 aromatic rings. The van der Waals surface area contributed by atoms with Crippen LogP contribution < -0.4 is 10.6 Å². The van der Waals surface area contributed by atoms with Crippen LogP contribution in [-0.4, -0.2) is 57.9 Å². The Kier molecular flexibility index (Phi) is 4.29. The Morgan fingerprint density at radius 3 is 3.05 bits per heavy atom. The first-order valence-electron chi connectivity index (χ1n) is 5.90. The Bertz CT molecular complexity index is 455. The number of carbonyl (C=O) groups excluding carboxylic acids is 1. The van der Waals surface area contributed by atoms with Gasteiger partial charge in [-0.15, -0.1) is 5.10 Å². The van der Waals surface area contributed by atoms with Gasteiger partial charge in [0.05, 0.1) is 25.4 Å². The third-order valence-electron chi connectivity index (χ3n) is 2.65. The van der Waals surface area contributed by atoms with Gasteiger partial charge in [0.25, 0.3) is 0 Å². The first kappa shape index (κ1) is 13.3. The monoisotopic (exact) mass is 269 g/mol. The lowest BCUT2D eigenvalue weighted by Gasteiger charge is -2.11. The van der Waals surface area contributed by atoms with Crippen LogP contribution in [0.1, 0.15) is 16.9 Å². The van der Waals surface area contributed by atoms with Crippen molar-refractivity contribution in [3.05, 3.63) is 11.9 Å². The van der Waals surface area contributed by atoms with Gasteiger partial charge in [-0.25, -0.2) is 14.3 Å².